The van der Waals surface area contributed by atoms with Gasteiger partial charge < -0.3 is 9.32 Å². The van der Waals surface area contributed by atoms with Crippen LogP contribution in [0, 0.1) is 0 Å². The van der Waals surface area contributed by atoms with E-state index in [0.717, 1.165) is 11.3 Å². The van der Waals surface area contributed by atoms with Crippen molar-refractivity contribution < 1.29 is 17.6 Å². The molecule has 1 amide bonds. The quantitative estimate of drug-likeness (QED) is 0.834. The SMILES string of the molecule is CCc1ccc(C(=O)N(Cc2ccccc2)[C@@H]2CCS(=O)(=O)C2)o1. The van der Waals surface area contributed by atoms with Crippen molar-refractivity contribution in [3.8, 4) is 0 Å². The van der Waals surface area contributed by atoms with E-state index in [1.165, 1.54) is 0 Å². The summed E-state index contributed by atoms with van der Waals surface area (Å²) in [5, 5.41) is 0. The Labute approximate surface area is 142 Å². The summed E-state index contributed by atoms with van der Waals surface area (Å²) in [7, 11) is -3.07. The van der Waals surface area contributed by atoms with Crippen LogP contribution in [-0.2, 0) is 22.8 Å². The molecule has 1 saturated heterocycles. The van der Waals surface area contributed by atoms with Crippen LogP contribution in [0.4, 0.5) is 0 Å². The first kappa shape index (κ1) is 16.8. The third-order valence-corrected chi connectivity index (χ3v) is 6.08. The summed E-state index contributed by atoms with van der Waals surface area (Å²) in [6, 6.07) is 12.7. The minimum absolute atomic E-state index is 0.0208. The van der Waals surface area contributed by atoms with Crippen LogP contribution in [0.2, 0.25) is 0 Å². The predicted octanol–water partition coefficient (Wildman–Crippen LogP) is 2.67. The van der Waals surface area contributed by atoms with Gasteiger partial charge in [-0.05, 0) is 24.1 Å². The zero-order chi connectivity index (χ0) is 17.2. The zero-order valence-electron chi connectivity index (χ0n) is 13.6. The van der Waals surface area contributed by atoms with Crippen molar-refractivity contribution in [2.24, 2.45) is 0 Å². The number of amides is 1. The number of benzene rings is 1. The molecule has 0 unspecified atom stereocenters. The Hall–Kier alpha value is -2.08. The maximum absolute atomic E-state index is 12.9. The average molecular weight is 347 g/mol. The molecule has 5 nitrogen and oxygen atoms in total. The van der Waals surface area contributed by atoms with Gasteiger partial charge in [0.1, 0.15) is 5.76 Å². The first-order chi connectivity index (χ1) is 11.5. The Morgan fingerprint density at radius 1 is 1.21 bits per heavy atom. The largest absolute Gasteiger partial charge is 0.456 e. The van der Waals surface area contributed by atoms with Crippen molar-refractivity contribution in [1.29, 1.82) is 0 Å². The Morgan fingerprint density at radius 2 is 1.96 bits per heavy atom. The predicted molar refractivity (Wildman–Crippen MR) is 91.5 cm³/mol. The van der Waals surface area contributed by atoms with Crippen LogP contribution in [0.25, 0.3) is 0 Å². The van der Waals surface area contributed by atoms with E-state index in [0.29, 0.717) is 19.4 Å². The van der Waals surface area contributed by atoms with Gasteiger partial charge in [-0.15, -0.1) is 0 Å². The minimum Gasteiger partial charge on any atom is -0.456 e. The molecule has 128 valence electrons. The number of sulfone groups is 1. The molecule has 6 heteroatoms. The molecule has 1 aromatic heterocycles. The summed E-state index contributed by atoms with van der Waals surface area (Å²) in [4.78, 5) is 14.6. The van der Waals surface area contributed by atoms with Gasteiger partial charge in [0.15, 0.2) is 15.6 Å². The van der Waals surface area contributed by atoms with Crippen LogP contribution in [-0.4, -0.2) is 36.8 Å². The normalized spacial score (nSPS) is 19.3. The smallest absolute Gasteiger partial charge is 0.290 e. The summed E-state index contributed by atoms with van der Waals surface area (Å²) in [5.41, 5.74) is 0.970. The monoisotopic (exact) mass is 347 g/mol. The fourth-order valence-electron chi connectivity index (χ4n) is 2.99. The van der Waals surface area contributed by atoms with Gasteiger partial charge in [-0.25, -0.2) is 8.42 Å². The fourth-order valence-corrected chi connectivity index (χ4v) is 4.72. The maximum atomic E-state index is 12.9. The number of furan rings is 1. The molecule has 2 heterocycles. The number of nitrogens with zero attached hydrogens (tertiary/aromatic N) is 1. The molecule has 0 bridgehead atoms. The Morgan fingerprint density at radius 3 is 2.54 bits per heavy atom. The van der Waals surface area contributed by atoms with Crippen molar-refractivity contribution in [2.75, 3.05) is 11.5 Å². The van der Waals surface area contributed by atoms with E-state index in [2.05, 4.69) is 0 Å². The number of rotatable bonds is 5. The van der Waals surface area contributed by atoms with Gasteiger partial charge in [0.2, 0.25) is 0 Å². The number of aryl methyl sites for hydroxylation is 1. The lowest BCUT2D eigenvalue weighted by atomic mass is 10.1. The van der Waals surface area contributed by atoms with E-state index in [1.54, 1.807) is 17.0 Å². The Bertz CT molecular complexity index is 811. The van der Waals surface area contributed by atoms with Gasteiger partial charge in [0.05, 0.1) is 11.5 Å². The lowest BCUT2D eigenvalue weighted by Crippen LogP contribution is -2.40. The molecule has 0 saturated carbocycles. The van der Waals surface area contributed by atoms with Gasteiger partial charge in [-0.2, -0.15) is 0 Å². The molecular formula is C18H21NO4S. The lowest BCUT2D eigenvalue weighted by molar-refractivity contribution is 0.0646. The van der Waals surface area contributed by atoms with Crippen molar-refractivity contribution in [2.45, 2.75) is 32.4 Å². The molecule has 1 atom stereocenters. The first-order valence-corrected chi connectivity index (χ1v) is 9.94. The minimum atomic E-state index is -3.07. The summed E-state index contributed by atoms with van der Waals surface area (Å²) < 4.78 is 29.3. The summed E-state index contributed by atoms with van der Waals surface area (Å²) in [6.07, 6.45) is 1.19. The van der Waals surface area contributed by atoms with Crippen molar-refractivity contribution in [3.63, 3.8) is 0 Å². The number of carbonyl (C=O) groups is 1. The van der Waals surface area contributed by atoms with E-state index in [9.17, 15) is 13.2 Å². The van der Waals surface area contributed by atoms with Crippen molar-refractivity contribution >= 4 is 15.7 Å². The number of hydrogen-bond acceptors (Lipinski definition) is 4. The van der Waals surface area contributed by atoms with Crippen LogP contribution in [0.15, 0.2) is 46.9 Å². The molecular weight excluding hydrogens is 326 g/mol. The molecule has 0 N–H and O–H groups in total. The summed E-state index contributed by atoms with van der Waals surface area (Å²) >= 11 is 0. The lowest BCUT2D eigenvalue weighted by Gasteiger charge is -2.27. The van der Waals surface area contributed by atoms with E-state index >= 15 is 0 Å². The highest BCUT2D eigenvalue weighted by atomic mass is 32.2. The van der Waals surface area contributed by atoms with Gasteiger partial charge in [0.25, 0.3) is 5.91 Å². The van der Waals surface area contributed by atoms with E-state index in [1.807, 2.05) is 37.3 Å². The topological polar surface area (TPSA) is 67.6 Å². The third kappa shape index (κ3) is 3.70. The highest BCUT2D eigenvalue weighted by Gasteiger charge is 2.35. The summed E-state index contributed by atoms with van der Waals surface area (Å²) in [6.45, 7) is 2.33. The molecule has 3 rings (SSSR count). The molecule has 1 aromatic carbocycles. The van der Waals surface area contributed by atoms with Crippen LogP contribution in [0.1, 0.15) is 35.2 Å². The van der Waals surface area contributed by atoms with Crippen molar-refractivity contribution in [1.82, 2.24) is 4.90 Å². The van der Waals surface area contributed by atoms with Gasteiger partial charge in [-0.3, -0.25) is 4.79 Å². The number of carbonyl (C=O) groups excluding carboxylic acids is 1. The molecule has 0 radical (unpaired) electrons. The van der Waals surface area contributed by atoms with Gasteiger partial charge in [0, 0.05) is 19.0 Å². The average Bonchev–Trinajstić information content (AvgIpc) is 3.19. The highest BCUT2D eigenvalue weighted by Crippen LogP contribution is 2.23. The van der Waals surface area contributed by atoms with Gasteiger partial charge >= 0.3 is 0 Å². The van der Waals surface area contributed by atoms with E-state index in [4.69, 9.17) is 4.42 Å². The summed E-state index contributed by atoms with van der Waals surface area (Å²) in [5.74, 6) is 0.923. The van der Waals surface area contributed by atoms with E-state index < -0.39 is 9.84 Å². The zero-order valence-corrected chi connectivity index (χ0v) is 14.5. The maximum Gasteiger partial charge on any atom is 0.290 e. The molecule has 2 aromatic rings. The van der Waals surface area contributed by atoms with E-state index in [-0.39, 0.29) is 29.2 Å². The second-order valence-corrected chi connectivity index (χ2v) is 8.32. The molecule has 24 heavy (non-hydrogen) atoms. The fraction of sp³-hybridized carbons (Fsp3) is 0.389. The third-order valence-electron chi connectivity index (χ3n) is 4.33. The van der Waals surface area contributed by atoms with Gasteiger partial charge in [-0.1, -0.05) is 37.3 Å². The number of hydrogen-bond donors (Lipinski definition) is 0. The highest BCUT2D eigenvalue weighted by molar-refractivity contribution is 7.91. The van der Waals surface area contributed by atoms with Crippen LogP contribution < -0.4 is 0 Å². The molecule has 1 fully saturated rings. The first-order valence-electron chi connectivity index (χ1n) is 8.12. The second kappa shape index (κ2) is 6.81. The molecule has 0 spiro atoms. The molecule has 0 aliphatic carbocycles. The second-order valence-electron chi connectivity index (χ2n) is 6.10. The van der Waals surface area contributed by atoms with Crippen LogP contribution in [0.3, 0.4) is 0 Å². The van der Waals surface area contributed by atoms with Crippen LogP contribution in [0.5, 0.6) is 0 Å². The molecule has 1 aliphatic rings. The van der Waals surface area contributed by atoms with Crippen molar-refractivity contribution in [3.05, 3.63) is 59.5 Å². The molecule has 1 aliphatic heterocycles. The Balaban J connectivity index is 1.87. The standard InChI is InChI=1S/C18H21NO4S/c1-2-16-8-9-17(23-16)18(20)19(12-14-6-4-3-5-7-14)15-10-11-24(21,22)13-15/h3-9,15H,2,10-13H2,1H3/t15-/m1/s1. The van der Waals surface area contributed by atoms with Crippen LogP contribution >= 0.6 is 0 Å². The Kier molecular flexibility index (Phi) is 4.76.